The first-order chi connectivity index (χ1) is 25.2. The number of rotatable bonds is 7. The molecule has 53 heavy (non-hydrogen) atoms. The van der Waals surface area contributed by atoms with E-state index < -0.39 is 59.8 Å². The van der Waals surface area contributed by atoms with Gasteiger partial charge in [0.15, 0.2) is 6.10 Å². The number of allylic oxidation sites excluding steroid dienone is 4. The van der Waals surface area contributed by atoms with Crippen LogP contribution in [-0.2, 0) is 35.1 Å². The number of ketones is 2. The van der Waals surface area contributed by atoms with Crippen LogP contribution in [0.3, 0.4) is 0 Å². The lowest BCUT2D eigenvalue weighted by Crippen LogP contribution is -2.38. The number of benzene rings is 1. The van der Waals surface area contributed by atoms with Gasteiger partial charge in [0.05, 0.1) is 23.6 Å². The van der Waals surface area contributed by atoms with E-state index in [0.717, 1.165) is 31.3 Å². The predicted molar refractivity (Wildman–Crippen MR) is 198 cm³/mol. The van der Waals surface area contributed by atoms with Gasteiger partial charge in [0.1, 0.15) is 6.10 Å². The summed E-state index contributed by atoms with van der Waals surface area (Å²) in [5.41, 5.74) is 7.15. The van der Waals surface area contributed by atoms with E-state index in [9.17, 15) is 29.1 Å². The van der Waals surface area contributed by atoms with Crippen molar-refractivity contribution in [1.29, 1.82) is 0 Å². The van der Waals surface area contributed by atoms with Gasteiger partial charge in [-0.15, -0.1) is 0 Å². The van der Waals surface area contributed by atoms with Crippen molar-refractivity contribution in [3.05, 3.63) is 93.9 Å². The molecule has 1 aromatic rings. The topological polar surface area (TPSA) is 187 Å². The Morgan fingerprint density at radius 1 is 1.04 bits per heavy atom. The Hall–Kier alpha value is -4.69. The summed E-state index contributed by atoms with van der Waals surface area (Å²) in [6.45, 7) is 9.74. The Kier molecular flexibility index (Phi) is 14.6. The molecule has 2 bridgehead atoms. The molecule has 1 fully saturated rings. The first-order valence-corrected chi connectivity index (χ1v) is 17.9. The van der Waals surface area contributed by atoms with Gasteiger partial charge < -0.3 is 35.7 Å². The number of methoxy groups -OCH3 is 2. The SMILES string of the molecule is CO[C@H]1/C=C\C=C(/C)C(=O)NC2=CC(=O)C(NC(=O)c3ccc(CN4CCCC4)cc3)=C(C[C@@H](C)C[C@H](OC)[C@H](O)[C@@H](C)/C=C(\C)[C@H]1OC(N)=O)C2=O. The molecule has 0 unspecified atom stereocenters. The summed E-state index contributed by atoms with van der Waals surface area (Å²) in [4.78, 5) is 68.6. The number of ether oxygens (including phenoxy) is 3. The Morgan fingerprint density at radius 2 is 1.72 bits per heavy atom. The van der Waals surface area contributed by atoms with Gasteiger partial charge in [-0.25, -0.2) is 4.79 Å². The van der Waals surface area contributed by atoms with Gasteiger partial charge in [-0.1, -0.05) is 50.3 Å². The summed E-state index contributed by atoms with van der Waals surface area (Å²) in [6, 6.07) is 7.15. The average molecular weight is 733 g/mol. The highest BCUT2D eigenvalue weighted by atomic mass is 16.6. The highest BCUT2D eigenvalue weighted by Gasteiger charge is 2.34. The van der Waals surface area contributed by atoms with Crippen molar-refractivity contribution in [3.8, 4) is 0 Å². The van der Waals surface area contributed by atoms with Crippen LogP contribution in [0.4, 0.5) is 4.79 Å². The number of carbonyl (C=O) groups is 5. The molecule has 0 saturated carbocycles. The van der Waals surface area contributed by atoms with Gasteiger partial charge in [0, 0.05) is 49.5 Å². The zero-order valence-electron chi connectivity index (χ0n) is 31.3. The minimum atomic E-state index is -1.03. The number of hydrogen-bond donors (Lipinski definition) is 4. The Morgan fingerprint density at radius 3 is 2.34 bits per heavy atom. The number of nitrogens with one attached hydrogen (secondary N) is 2. The standard InChI is InChI=1S/C40H52N4O9/c1-23-18-29-34(43-39(49)28-14-12-27(13-15-28)22-44-16-7-8-17-44)31(45)21-30(36(29)47)42-38(48)24(2)10-9-11-32(51-5)37(53-40(41)50)26(4)20-25(3)35(46)33(19-23)52-6/h9-15,20-21,23,25,32-33,35,37,46H,7-8,16-19,22H2,1-6H3,(H2,41,50)(H,42,48)(H,43,49)/b11-9-,24-10+,26-20+/t23-,25+,32+,33+,35-,37-/m1/s1. The summed E-state index contributed by atoms with van der Waals surface area (Å²) < 4.78 is 16.7. The first-order valence-electron chi connectivity index (χ1n) is 17.9. The number of nitrogens with zero attached hydrogens (tertiary/aromatic N) is 1. The second kappa shape index (κ2) is 18.9. The highest BCUT2D eigenvalue weighted by Crippen LogP contribution is 2.29. The Labute approximate surface area is 311 Å². The van der Waals surface area contributed by atoms with Crippen LogP contribution in [0.25, 0.3) is 0 Å². The fraction of sp³-hybridized carbons (Fsp3) is 0.475. The van der Waals surface area contributed by atoms with Crippen molar-refractivity contribution in [3.63, 3.8) is 0 Å². The van der Waals surface area contributed by atoms with Crippen LogP contribution >= 0.6 is 0 Å². The van der Waals surface area contributed by atoms with Crippen LogP contribution in [0.1, 0.15) is 69.3 Å². The van der Waals surface area contributed by atoms with Crippen LogP contribution in [0.2, 0.25) is 0 Å². The number of nitrogens with two attached hydrogens (primary N) is 1. The molecule has 4 rings (SSSR count). The monoisotopic (exact) mass is 732 g/mol. The minimum absolute atomic E-state index is 0.0274. The lowest BCUT2D eigenvalue weighted by molar-refractivity contribution is -0.120. The molecule has 0 radical (unpaired) electrons. The van der Waals surface area contributed by atoms with Crippen LogP contribution in [0.15, 0.2) is 82.8 Å². The van der Waals surface area contributed by atoms with E-state index in [-0.39, 0.29) is 41.3 Å². The van der Waals surface area contributed by atoms with Gasteiger partial charge >= 0.3 is 6.09 Å². The number of Topliss-reactive ketones (excluding diaryl/α,β-unsaturated/α-hetero) is 1. The lowest BCUT2D eigenvalue weighted by atomic mass is 9.85. The zero-order valence-corrected chi connectivity index (χ0v) is 31.3. The van der Waals surface area contributed by atoms with Crippen molar-refractivity contribution in [2.75, 3.05) is 27.3 Å². The quantitative estimate of drug-likeness (QED) is 0.238. The molecule has 0 aromatic heterocycles. The van der Waals surface area contributed by atoms with Crippen molar-refractivity contribution in [1.82, 2.24) is 15.5 Å². The Bertz CT molecular complexity index is 1700. The third-order valence-corrected chi connectivity index (χ3v) is 9.85. The largest absolute Gasteiger partial charge is 0.439 e. The van der Waals surface area contributed by atoms with Gasteiger partial charge in [-0.05, 0) is 81.8 Å². The molecule has 286 valence electrons. The third-order valence-electron chi connectivity index (χ3n) is 9.85. The number of amides is 3. The van der Waals surface area contributed by atoms with Crippen LogP contribution in [0, 0.1) is 11.8 Å². The van der Waals surface area contributed by atoms with Crippen molar-refractivity contribution >= 4 is 29.5 Å². The molecule has 13 heteroatoms. The van der Waals surface area contributed by atoms with E-state index >= 15 is 0 Å². The molecule has 1 aliphatic carbocycles. The zero-order chi connectivity index (χ0) is 38.8. The molecule has 1 saturated heterocycles. The normalized spacial score (nSPS) is 29.3. The molecule has 2 heterocycles. The van der Waals surface area contributed by atoms with Crippen LogP contribution in [0.5, 0.6) is 0 Å². The maximum Gasteiger partial charge on any atom is 0.405 e. The van der Waals surface area contributed by atoms with E-state index in [0.29, 0.717) is 11.1 Å². The third kappa shape index (κ3) is 10.9. The van der Waals surface area contributed by atoms with E-state index in [1.807, 2.05) is 19.1 Å². The summed E-state index contributed by atoms with van der Waals surface area (Å²) in [5.74, 6) is -3.29. The number of aliphatic hydroxyl groups excluding tert-OH is 1. The smallest absolute Gasteiger partial charge is 0.405 e. The fourth-order valence-electron chi connectivity index (χ4n) is 6.87. The summed E-state index contributed by atoms with van der Waals surface area (Å²) in [6.07, 6.45) is 5.43. The Balaban J connectivity index is 1.68. The van der Waals surface area contributed by atoms with Gasteiger partial charge in [-0.2, -0.15) is 0 Å². The maximum absolute atomic E-state index is 14.0. The fourth-order valence-corrected chi connectivity index (χ4v) is 6.87. The molecule has 5 N–H and O–H groups in total. The highest BCUT2D eigenvalue weighted by molar-refractivity contribution is 6.24. The van der Waals surface area contributed by atoms with Crippen LogP contribution in [-0.4, -0.2) is 91.2 Å². The molecule has 6 atom stereocenters. The van der Waals surface area contributed by atoms with E-state index in [2.05, 4.69) is 15.5 Å². The van der Waals surface area contributed by atoms with E-state index in [1.165, 1.54) is 46.1 Å². The number of hydrogen-bond acceptors (Lipinski definition) is 10. The molecule has 3 aliphatic rings. The minimum Gasteiger partial charge on any atom is -0.439 e. The predicted octanol–water partition coefficient (Wildman–Crippen LogP) is 3.79. The summed E-state index contributed by atoms with van der Waals surface area (Å²) in [5, 5.41) is 16.7. The van der Waals surface area contributed by atoms with Gasteiger partial charge in [0.2, 0.25) is 11.6 Å². The number of carbonyl (C=O) groups excluding carboxylic acids is 5. The second-order valence-corrected chi connectivity index (χ2v) is 14.1. The van der Waals surface area contributed by atoms with Crippen LogP contribution < -0.4 is 16.4 Å². The maximum atomic E-state index is 14.0. The summed E-state index contributed by atoms with van der Waals surface area (Å²) >= 11 is 0. The summed E-state index contributed by atoms with van der Waals surface area (Å²) in [7, 11) is 2.89. The molecular formula is C40H52N4O9. The second-order valence-electron chi connectivity index (χ2n) is 14.1. The lowest BCUT2D eigenvalue weighted by Gasteiger charge is -2.30. The number of primary amides is 1. The molecule has 13 nitrogen and oxygen atoms in total. The van der Waals surface area contributed by atoms with E-state index in [1.54, 1.807) is 38.1 Å². The molecule has 0 spiro atoms. The first kappa shape index (κ1) is 41.1. The molecule has 1 aromatic carbocycles. The molecule has 2 aliphatic heterocycles. The van der Waals surface area contributed by atoms with Gasteiger partial charge in [-0.3, -0.25) is 24.1 Å². The van der Waals surface area contributed by atoms with Crippen molar-refractivity contribution in [2.24, 2.45) is 17.6 Å². The average Bonchev–Trinajstić information content (AvgIpc) is 3.64. The molecule has 3 amide bonds. The molecular weight excluding hydrogens is 680 g/mol. The number of aliphatic hydroxyl groups is 1. The van der Waals surface area contributed by atoms with Gasteiger partial charge in [0.25, 0.3) is 11.8 Å². The number of fused-ring (bicyclic) bond motifs is 2. The van der Waals surface area contributed by atoms with E-state index in [4.69, 9.17) is 19.9 Å². The van der Waals surface area contributed by atoms with Crippen molar-refractivity contribution in [2.45, 2.75) is 84.3 Å². The van der Waals surface area contributed by atoms with Crippen molar-refractivity contribution < 1.29 is 43.3 Å². The number of likely N-dealkylation sites (tertiary alicyclic amines) is 1.